The van der Waals surface area contributed by atoms with Crippen molar-refractivity contribution in [1.29, 1.82) is 0 Å². The van der Waals surface area contributed by atoms with Crippen LogP contribution in [0.1, 0.15) is 30.9 Å². The predicted molar refractivity (Wildman–Crippen MR) is 51.7 cm³/mol. The maximum Gasteiger partial charge on any atom is 0.186 e. The Labute approximate surface area is 77.2 Å². The van der Waals surface area contributed by atoms with E-state index < -0.39 is 0 Å². The monoisotopic (exact) mass is 178 g/mol. The zero-order chi connectivity index (χ0) is 9.10. The number of pyridine rings is 1. The molecular weight excluding hydrogens is 164 g/mol. The van der Waals surface area contributed by atoms with Crippen LogP contribution in [0.3, 0.4) is 0 Å². The molecule has 0 amide bonds. The molecule has 2 N–H and O–H groups in total. The van der Waals surface area contributed by atoms with E-state index >= 15 is 0 Å². The van der Waals surface area contributed by atoms with Crippen LogP contribution in [0.2, 0.25) is 0 Å². The van der Waals surface area contributed by atoms with Crippen LogP contribution in [-0.2, 0) is 0 Å². The summed E-state index contributed by atoms with van der Waals surface area (Å²) in [5.41, 5.74) is 1.01. The van der Waals surface area contributed by atoms with E-state index in [-0.39, 0.29) is 11.5 Å². The first-order chi connectivity index (χ1) is 6.38. The van der Waals surface area contributed by atoms with Gasteiger partial charge in [-0.05, 0) is 19.4 Å². The lowest BCUT2D eigenvalue weighted by molar-refractivity contribution is 0.410. The molecule has 0 aromatic carbocycles. The third kappa shape index (κ3) is 1.80. The van der Waals surface area contributed by atoms with Gasteiger partial charge in [0.2, 0.25) is 0 Å². The first-order valence-corrected chi connectivity index (χ1v) is 4.78. The molecule has 0 spiro atoms. The molecule has 70 valence electrons. The third-order valence-corrected chi connectivity index (χ3v) is 2.54. The smallest absolute Gasteiger partial charge is 0.186 e. The lowest BCUT2D eigenvalue weighted by Gasteiger charge is -2.22. The van der Waals surface area contributed by atoms with Gasteiger partial charge < -0.3 is 10.3 Å². The third-order valence-electron chi connectivity index (χ3n) is 2.54. The zero-order valence-electron chi connectivity index (χ0n) is 7.55. The minimum Gasteiger partial charge on any atom is -0.367 e. The van der Waals surface area contributed by atoms with Crippen LogP contribution in [0.4, 0.5) is 0 Å². The number of aromatic amines is 1. The fourth-order valence-electron chi connectivity index (χ4n) is 1.82. The maximum absolute atomic E-state index is 11.5. The van der Waals surface area contributed by atoms with Crippen molar-refractivity contribution in [2.75, 3.05) is 6.54 Å². The summed E-state index contributed by atoms with van der Waals surface area (Å²) in [7, 11) is 0. The van der Waals surface area contributed by atoms with Gasteiger partial charge in [0.15, 0.2) is 5.43 Å². The molecule has 13 heavy (non-hydrogen) atoms. The normalized spacial score (nSPS) is 22.9. The van der Waals surface area contributed by atoms with E-state index in [9.17, 15) is 4.79 Å². The van der Waals surface area contributed by atoms with Crippen molar-refractivity contribution < 1.29 is 0 Å². The molecule has 1 aromatic rings. The Morgan fingerprint density at radius 1 is 1.38 bits per heavy atom. The van der Waals surface area contributed by atoms with Crippen molar-refractivity contribution in [3.8, 4) is 0 Å². The van der Waals surface area contributed by atoms with Crippen molar-refractivity contribution in [1.82, 2.24) is 10.3 Å². The van der Waals surface area contributed by atoms with Gasteiger partial charge in [-0.1, -0.05) is 6.42 Å². The maximum atomic E-state index is 11.5. The van der Waals surface area contributed by atoms with E-state index in [2.05, 4.69) is 10.3 Å². The van der Waals surface area contributed by atoms with E-state index in [1.807, 2.05) is 6.20 Å². The molecule has 3 nitrogen and oxygen atoms in total. The van der Waals surface area contributed by atoms with Gasteiger partial charge in [0, 0.05) is 30.1 Å². The van der Waals surface area contributed by atoms with E-state index in [0.717, 1.165) is 18.5 Å². The second kappa shape index (κ2) is 3.75. The molecule has 3 heteroatoms. The van der Waals surface area contributed by atoms with E-state index in [1.54, 1.807) is 12.3 Å². The molecular formula is C10H14N2O. The van der Waals surface area contributed by atoms with Gasteiger partial charge in [-0.25, -0.2) is 0 Å². The number of hydrogen-bond donors (Lipinski definition) is 2. The Kier molecular flexibility index (Phi) is 2.45. The molecule has 0 bridgehead atoms. The van der Waals surface area contributed by atoms with Gasteiger partial charge >= 0.3 is 0 Å². The van der Waals surface area contributed by atoms with Gasteiger partial charge in [-0.3, -0.25) is 4.79 Å². The summed E-state index contributed by atoms with van der Waals surface area (Å²) >= 11 is 0. The standard InChI is InChI=1S/C10H14N2O/c13-10-4-6-11-7-8(10)9-3-1-2-5-12-9/h4,6-7,9,12H,1-3,5H2,(H,11,13). The van der Waals surface area contributed by atoms with Crippen molar-refractivity contribution in [3.63, 3.8) is 0 Å². The molecule has 2 rings (SSSR count). The minimum atomic E-state index is 0.137. The summed E-state index contributed by atoms with van der Waals surface area (Å²) < 4.78 is 0. The Morgan fingerprint density at radius 2 is 2.31 bits per heavy atom. The van der Waals surface area contributed by atoms with Crippen molar-refractivity contribution in [2.45, 2.75) is 25.3 Å². The van der Waals surface area contributed by atoms with Crippen LogP contribution < -0.4 is 10.7 Å². The predicted octanol–water partition coefficient (Wildman–Crippen LogP) is 1.19. The second-order valence-electron chi connectivity index (χ2n) is 3.47. The fraction of sp³-hybridized carbons (Fsp3) is 0.500. The van der Waals surface area contributed by atoms with Gasteiger partial charge in [-0.2, -0.15) is 0 Å². The molecule has 1 atom stereocenters. The Hall–Kier alpha value is -1.09. The SMILES string of the molecule is O=c1cc[nH]cc1C1CCCCN1. The number of aromatic nitrogens is 1. The number of nitrogens with one attached hydrogen (secondary N) is 2. The van der Waals surface area contributed by atoms with Crippen LogP contribution in [0.15, 0.2) is 23.3 Å². The van der Waals surface area contributed by atoms with E-state index in [0.29, 0.717) is 0 Å². The van der Waals surface area contributed by atoms with Crippen LogP contribution in [-0.4, -0.2) is 11.5 Å². The number of piperidine rings is 1. The summed E-state index contributed by atoms with van der Waals surface area (Å²) in [5.74, 6) is 0. The van der Waals surface area contributed by atoms with E-state index in [1.165, 1.54) is 12.8 Å². The average Bonchev–Trinajstić information content (AvgIpc) is 2.20. The fourth-order valence-corrected chi connectivity index (χ4v) is 1.82. The summed E-state index contributed by atoms with van der Waals surface area (Å²) in [5, 5.41) is 3.36. The summed E-state index contributed by atoms with van der Waals surface area (Å²) in [6.07, 6.45) is 7.00. The van der Waals surface area contributed by atoms with Crippen molar-refractivity contribution >= 4 is 0 Å². The number of H-pyrrole nitrogens is 1. The first kappa shape index (κ1) is 8.51. The minimum absolute atomic E-state index is 0.137. The highest BCUT2D eigenvalue weighted by Crippen LogP contribution is 2.19. The number of rotatable bonds is 1. The molecule has 2 heterocycles. The van der Waals surface area contributed by atoms with Crippen LogP contribution in [0.5, 0.6) is 0 Å². The molecule has 1 aliphatic heterocycles. The quantitative estimate of drug-likeness (QED) is 0.678. The van der Waals surface area contributed by atoms with Crippen LogP contribution >= 0.6 is 0 Å². The molecule has 1 saturated heterocycles. The van der Waals surface area contributed by atoms with Gasteiger partial charge in [-0.15, -0.1) is 0 Å². The molecule has 1 aliphatic rings. The highest BCUT2D eigenvalue weighted by atomic mass is 16.1. The highest BCUT2D eigenvalue weighted by molar-refractivity contribution is 5.14. The molecule has 0 aliphatic carbocycles. The van der Waals surface area contributed by atoms with Crippen LogP contribution in [0, 0.1) is 0 Å². The van der Waals surface area contributed by atoms with Crippen LogP contribution in [0.25, 0.3) is 0 Å². The molecule has 1 unspecified atom stereocenters. The Bertz CT molecular complexity index is 326. The molecule has 1 aromatic heterocycles. The van der Waals surface area contributed by atoms with Crippen molar-refractivity contribution in [2.24, 2.45) is 0 Å². The summed E-state index contributed by atoms with van der Waals surface area (Å²) in [4.78, 5) is 14.4. The Morgan fingerprint density at radius 3 is 3.00 bits per heavy atom. The molecule has 0 radical (unpaired) electrons. The first-order valence-electron chi connectivity index (χ1n) is 4.78. The van der Waals surface area contributed by atoms with E-state index in [4.69, 9.17) is 0 Å². The van der Waals surface area contributed by atoms with Gasteiger partial charge in [0.05, 0.1) is 0 Å². The molecule has 0 saturated carbocycles. The second-order valence-corrected chi connectivity index (χ2v) is 3.47. The van der Waals surface area contributed by atoms with Crippen molar-refractivity contribution in [3.05, 3.63) is 34.2 Å². The lowest BCUT2D eigenvalue weighted by atomic mass is 9.99. The molecule has 1 fully saturated rings. The average molecular weight is 178 g/mol. The lowest BCUT2D eigenvalue weighted by Crippen LogP contribution is -2.30. The highest BCUT2D eigenvalue weighted by Gasteiger charge is 2.16. The topological polar surface area (TPSA) is 44.9 Å². The zero-order valence-corrected chi connectivity index (χ0v) is 7.55. The van der Waals surface area contributed by atoms with Gasteiger partial charge in [0.1, 0.15) is 0 Å². The number of hydrogen-bond acceptors (Lipinski definition) is 2. The summed E-state index contributed by atoms with van der Waals surface area (Å²) in [6.45, 7) is 1.03. The Balaban J connectivity index is 2.24. The largest absolute Gasteiger partial charge is 0.367 e. The van der Waals surface area contributed by atoms with Gasteiger partial charge in [0.25, 0.3) is 0 Å². The summed E-state index contributed by atoms with van der Waals surface area (Å²) in [6, 6.07) is 1.85.